The number of nitrogens with two attached hydrogens (primary N) is 2. The van der Waals surface area contributed by atoms with Gasteiger partial charge in [0, 0.05) is 51.4 Å². The fourth-order valence-corrected chi connectivity index (χ4v) is 4.55. The normalized spacial score (nSPS) is 14.7. The predicted octanol–water partition coefficient (Wildman–Crippen LogP) is 2.20. The van der Waals surface area contributed by atoms with Gasteiger partial charge in [0.05, 0.1) is 25.6 Å². The van der Waals surface area contributed by atoms with Crippen LogP contribution in [-0.4, -0.2) is 77.3 Å². The Labute approximate surface area is 212 Å². The van der Waals surface area contributed by atoms with E-state index in [0.29, 0.717) is 42.2 Å². The number of nitrogen functional groups attached to an aromatic ring is 1. The van der Waals surface area contributed by atoms with Gasteiger partial charge in [-0.25, -0.2) is 0 Å². The zero-order valence-electron chi connectivity index (χ0n) is 21.2. The summed E-state index contributed by atoms with van der Waals surface area (Å²) >= 11 is 0. The zero-order chi connectivity index (χ0) is 25.5. The van der Waals surface area contributed by atoms with Crippen LogP contribution in [0.4, 0.5) is 5.82 Å². The molecule has 4 rings (SSSR count). The monoisotopic (exact) mass is 492 g/mol. The highest BCUT2D eigenvalue weighted by atomic mass is 16.5. The molecule has 36 heavy (non-hydrogen) atoms. The molecule has 1 fully saturated rings. The second kappa shape index (κ2) is 12.0. The molecule has 1 aliphatic rings. The van der Waals surface area contributed by atoms with E-state index in [-0.39, 0.29) is 6.01 Å². The molecule has 0 spiro atoms. The second-order valence-electron chi connectivity index (χ2n) is 9.11. The molecule has 0 amide bonds. The average molecular weight is 493 g/mol. The quantitative estimate of drug-likeness (QED) is 0.387. The number of hydrogen-bond acceptors (Lipinski definition) is 9. The first-order valence-electron chi connectivity index (χ1n) is 12.6. The summed E-state index contributed by atoms with van der Waals surface area (Å²) in [6, 6.07) is 10.5. The van der Waals surface area contributed by atoms with Crippen molar-refractivity contribution < 1.29 is 9.47 Å². The van der Waals surface area contributed by atoms with Crippen LogP contribution in [0.15, 0.2) is 24.3 Å². The molecule has 1 saturated heterocycles. The molecule has 1 aliphatic heterocycles. The number of fused-ring (bicyclic) bond motifs is 1. The van der Waals surface area contributed by atoms with Gasteiger partial charge in [-0.15, -0.1) is 0 Å². The number of anilines is 1. The van der Waals surface area contributed by atoms with Crippen LogP contribution in [-0.2, 0) is 13.1 Å². The van der Waals surface area contributed by atoms with Crippen molar-refractivity contribution in [2.24, 2.45) is 5.73 Å². The number of ether oxygens (including phenoxy) is 2. The number of nitrogens with zero attached hydrogens (tertiary/aromatic N) is 6. The maximum atomic E-state index is 9.80. The summed E-state index contributed by atoms with van der Waals surface area (Å²) in [4.78, 5) is 13.7. The van der Waals surface area contributed by atoms with Gasteiger partial charge in [-0.2, -0.15) is 15.2 Å². The van der Waals surface area contributed by atoms with E-state index in [0.717, 1.165) is 63.4 Å². The molecule has 0 bridgehead atoms. The third-order valence-electron chi connectivity index (χ3n) is 6.60. The Kier molecular flexibility index (Phi) is 8.59. The second-order valence-corrected chi connectivity index (χ2v) is 9.11. The highest BCUT2D eigenvalue weighted by molar-refractivity contribution is 5.88. The largest absolute Gasteiger partial charge is 0.496 e. The van der Waals surface area contributed by atoms with Crippen LogP contribution >= 0.6 is 0 Å². The number of aromatic nitrogens is 3. The van der Waals surface area contributed by atoms with Crippen LogP contribution in [0.2, 0.25) is 0 Å². The number of rotatable bonds is 11. The SMILES string of the molecule is CCCCOc1nc(N)c2cc(C#N)n(Cc3ccc(CN4CCN(CCN)CC4)cc3OC)c2n1. The lowest BCUT2D eigenvalue weighted by atomic mass is 10.1. The van der Waals surface area contributed by atoms with Gasteiger partial charge in [0.2, 0.25) is 0 Å². The number of piperazine rings is 1. The lowest BCUT2D eigenvalue weighted by molar-refractivity contribution is 0.130. The van der Waals surface area contributed by atoms with Crippen LogP contribution in [0, 0.1) is 11.3 Å². The molecule has 0 saturated carbocycles. The lowest BCUT2D eigenvalue weighted by Crippen LogP contribution is -2.47. The smallest absolute Gasteiger partial charge is 0.320 e. The van der Waals surface area contributed by atoms with Gasteiger partial charge < -0.3 is 25.5 Å². The topological polar surface area (TPSA) is 131 Å². The highest BCUT2D eigenvalue weighted by Gasteiger charge is 2.19. The molecule has 10 nitrogen and oxygen atoms in total. The van der Waals surface area contributed by atoms with Crippen LogP contribution in [0.5, 0.6) is 11.8 Å². The van der Waals surface area contributed by atoms with Crippen molar-refractivity contribution in [2.75, 3.05) is 58.7 Å². The van der Waals surface area contributed by atoms with Crippen molar-refractivity contribution in [3.05, 3.63) is 41.1 Å². The van der Waals surface area contributed by atoms with Gasteiger partial charge in [-0.05, 0) is 24.1 Å². The van der Waals surface area contributed by atoms with Crippen LogP contribution in [0.25, 0.3) is 11.0 Å². The molecule has 4 N–H and O–H groups in total. The van der Waals surface area contributed by atoms with Gasteiger partial charge in [-0.3, -0.25) is 9.80 Å². The Morgan fingerprint density at radius 1 is 1.08 bits per heavy atom. The van der Waals surface area contributed by atoms with Gasteiger partial charge in [0.15, 0.2) is 5.65 Å². The van der Waals surface area contributed by atoms with E-state index in [1.54, 1.807) is 13.2 Å². The minimum Gasteiger partial charge on any atom is -0.496 e. The van der Waals surface area contributed by atoms with Gasteiger partial charge in [0.1, 0.15) is 23.3 Å². The summed E-state index contributed by atoms with van der Waals surface area (Å²) < 4.78 is 13.3. The lowest BCUT2D eigenvalue weighted by Gasteiger charge is -2.34. The number of benzene rings is 1. The molecular weight excluding hydrogens is 456 g/mol. The third kappa shape index (κ3) is 5.87. The first-order chi connectivity index (χ1) is 17.6. The minimum absolute atomic E-state index is 0.228. The molecule has 0 atom stereocenters. The Balaban J connectivity index is 1.55. The Bertz CT molecular complexity index is 1210. The average Bonchev–Trinajstić information content (AvgIpc) is 3.24. The van der Waals surface area contributed by atoms with Crippen molar-refractivity contribution in [3.63, 3.8) is 0 Å². The molecule has 1 aromatic carbocycles. The van der Waals surface area contributed by atoms with E-state index in [4.69, 9.17) is 20.9 Å². The zero-order valence-corrected chi connectivity index (χ0v) is 21.2. The Hall–Kier alpha value is -3.39. The van der Waals surface area contributed by atoms with Crippen LogP contribution < -0.4 is 20.9 Å². The standard InChI is InChI=1S/C26H36N8O2/c1-3-4-13-36-26-30-24(29)22-15-21(16-28)34(25(22)31-26)18-20-6-5-19(14-23(20)35-2)17-33-11-9-32(8-7-27)10-12-33/h5-6,14-15H,3-4,7-13,17-18,27H2,1-2H3,(H2,29,30,31). The molecule has 2 aromatic heterocycles. The van der Waals surface area contributed by atoms with Gasteiger partial charge >= 0.3 is 6.01 Å². The molecule has 192 valence electrons. The van der Waals surface area contributed by atoms with Crippen LogP contribution in [0.1, 0.15) is 36.6 Å². The molecular formula is C26H36N8O2. The van der Waals surface area contributed by atoms with Crippen molar-refractivity contribution in [1.82, 2.24) is 24.3 Å². The van der Waals surface area contributed by atoms with Crippen molar-refractivity contribution in [1.29, 1.82) is 5.26 Å². The summed E-state index contributed by atoms with van der Waals surface area (Å²) in [6.45, 7) is 9.68. The van der Waals surface area contributed by atoms with Crippen molar-refractivity contribution in [2.45, 2.75) is 32.9 Å². The summed E-state index contributed by atoms with van der Waals surface area (Å²) in [5.41, 5.74) is 15.1. The first-order valence-corrected chi connectivity index (χ1v) is 12.6. The Morgan fingerprint density at radius 3 is 2.56 bits per heavy atom. The van der Waals surface area contributed by atoms with E-state index in [9.17, 15) is 5.26 Å². The number of hydrogen-bond donors (Lipinski definition) is 2. The fourth-order valence-electron chi connectivity index (χ4n) is 4.55. The Morgan fingerprint density at radius 2 is 1.86 bits per heavy atom. The molecule has 10 heteroatoms. The summed E-state index contributed by atoms with van der Waals surface area (Å²) in [5, 5.41) is 10.4. The van der Waals surface area contributed by atoms with E-state index in [2.05, 4.69) is 51.0 Å². The van der Waals surface area contributed by atoms with Crippen molar-refractivity contribution >= 4 is 16.9 Å². The van der Waals surface area contributed by atoms with E-state index < -0.39 is 0 Å². The molecule has 0 radical (unpaired) electrons. The van der Waals surface area contributed by atoms with E-state index in [1.165, 1.54) is 5.56 Å². The summed E-state index contributed by atoms with van der Waals surface area (Å²) in [6.07, 6.45) is 1.91. The molecule has 3 aromatic rings. The van der Waals surface area contributed by atoms with E-state index >= 15 is 0 Å². The molecule has 3 heterocycles. The molecule has 0 unspecified atom stereocenters. The van der Waals surface area contributed by atoms with Gasteiger partial charge in [0.25, 0.3) is 0 Å². The third-order valence-corrected chi connectivity index (χ3v) is 6.60. The van der Waals surface area contributed by atoms with Crippen molar-refractivity contribution in [3.8, 4) is 17.8 Å². The van der Waals surface area contributed by atoms with E-state index in [1.807, 2.05) is 4.57 Å². The predicted molar refractivity (Wildman–Crippen MR) is 140 cm³/mol. The summed E-state index contributed by atoms with van der Waals surface area (Å²) in [5.74, 6) is 1.08. The summed E-state index contributed by atoms with van der Waals surface area (Å²) in [7, 11) is 1.67. The number of methoxy groups -OCH3 is 1. The number of nitriles is 1. The maximum Gasteiger partial charge on any atom is 0.320 e. The first kappa shape index (κ1) is 25.7. The maximum absolute atomic E-state index is 9.80. The molecule has 0 aliphatic carbocycles. The highest BCUT2D eigenvalue weighted by Crippen LogP contribution is 2.28. The van der Waals surface area contributed by atoms with Gasteiger partial charge in [-0.1, -0.05) is 25.5 Å². The fraction of sp³-hybridized carbons (Fsp3) is 0.500. The minimum atomic E-state index is 0.228. The number of unbranched alkanes of at least 4 members (excludes halogenated alkanes) is 1. The van der Waals surface area contributed by atoms with Crippen LogP contribution in [0.3, 0.4) is 0 Å².